The average molecular weight is 409 g/mol. The van der Waals surface area contributed by atoms with Crippen molar-refractivity contribution in [1.82, 2.24) is 15.5 Å². The number of carbonyl (C=O) groups is 1. The van der Waals surface area contributed by atoms with Gasteiger partial charge in [-0.1, -0.05) is 15.9 Å². The Morgan fingerprint density at radius 1 is 1.36 bits per heavy atom. The number of thioether (sulfide) groups is 1. The van der Waals surface area contributed by atoms with Gasteiger partial charge in [0.15, 0.2) is 0 Å². The molecule has 0 radical (unpaired) electrons. The quantitative estimate of drug-likeness (QED) is 0.709. The third-order valence-electron chi connectivity index (χ3n) is 3.43. The first kappa shape index (κ1) is 19.8. The summed E-state index contributed by atoms with van der Waals surface area (Å²) in [6.07, 6.45) is 0. The minimum Gasteiger partial charge on any atom is -0.354 e. The molecule has 0 aliphatic carbocycles. The Bertz CT molecular complexity index is 455. The molecule has 1 saturated heterocycles. The highest BCUT2D eigenvalue weighted by molar-refractivity contribution is 9.10. The van der Waals surface area contributed by atoms with Crippen LogP contribution < -0.4 is 10.6 Å². The third-order valence-corrected chi connectivity index (χ3v) is 5.07. The standard InChI is InChI=1S/C15H22BrN3OS.ClH/c1-12(21-14-4-2-13(16)3-5-14)15(20)18-8-11-19-9-6-17-7-10-19;/h2-5,12,17H,6-11H2,1H3,(H,18,20);1H. The number of carbonyl (C=O) groups excluding carboxylic acids is 1. The lowest BCUT2D eigenvalue weighted by molar-refractivity contribution is -0.120. The number of nitrogens with zero attached hydrogens (tertiary/aromatic N) is 1. The van der Waals surface area contributed by atoms with Crippen molar-refractivity contribution in [2.45, 2.75) is 17.1 Å². The lowest BCUT2D eigenvalue weighted by atomic mass is 10.3. The largest absolute Gasteiger partial charge is 0.354 e. The van der Waals surface area contributed by atoms with Crippen LogP contribution in [0.2, 0.25) is 0 Å². The van der Waals surface area contributed by atoms with Gasteiger partial charge in [-0.15, -0.1) is 24.2 Å². The number of rotatable bonds is 6. The molecular formula is C15H23BrClN3OS. The highest BCUT2D eigenvalue weighted by Crippen LogP contribution is 2.24. The molecule has 1 heterocycles. The van der Waals surface area contributed by atoms with E-state index < -0.39 is 0 Å². The Kier molecular flexibility index (Phi) is 9.43. The number of piperazine rings is 1. The maximum atomic E-state index is 12.1. The van der Waals surface area contributed by atoms with Crippen molar-refractivity contribution in [1.29, 1.82) is 0 Å². The van der Waals surface area contributed by atoms with Crippen LogP contribution in [-0.2, 0) is 4.79 Å². The first-order valence-corrected chi connectivity index (χ1v) is 8.95. The normalized spacial score (nSPS) is 16.6. The Balaban J connectivity index is 0.00000242. The second-order valence-corrected chi connectivity index (χ2v) is 7.43. The van der Waals surface area contributed by atoms with Gasteiger partial charge in [0.1, 0.15) is 0 Å². The Hall–Kier alpha value is -0.270. The van der Waals surface area contributed by atoms with Crippen LogP contribution in [0.1, 0.15) is 6.92 Å². The molecule has 7 heteroatoms. The van der Waals surface area contributed by atoms with Gasteiger partial charge in [-0.05, 0) is 31.2 Å². The molecule has 4 nitrogen and oxygen atoms in total. The van der Waals surface area contributed by atoms with Crippen LogP contribution in [0.5, 0.6) is 0 Å². The minimum atomic E-state index is -0.0748. The first-order valence-electron chi connectivity index (χ1n) is 7.28. The molecule has 0 spiro atoms. The highest BCUT2D eigenvalue weighted by atomic mass is 79.9. The fourth-order valence-electron chi connectivity index (χ4n) is 2.19. The van der Waals surface area contributed by atoms with Crippen molar-refractivity contribution in [2.24, 2.45) is 0 Å². The molecule has 0 aromatic heterocycles. The number of hydrogen-bond acceptors (Lipinski definition) is 4. The van der Waals surface area contributed by atoms with E-state index in [1.165, 1.54) is 0 Å². The van der Waals surface area contributed by atoms with Crippen LogP contribution in [0.3, 0.4) is 0 Å². The maximum absolute atomic E-state index is 12.1. The van der Waals surface area contributed by atoms with Gasteiger partial charge in [-0.3, -0.25) is 9.69 Å². The molecule has 1 amide bonds. The molecule has 1 fully saturated rings. The fraction of sp³-hybridized carbons (Fsp3) is 0.533. The van der Waals surface area contributed by atoms with Crippen LogP contribution in [0.25, 0.3) is 0 Å². The van der Waals surface area contributed by atoms with Gasteiger partial charge in [0, 0.05) is 48.6 Å². The predicted octanol–water partition coefficient (Wildman–Crippen LogP) is 2.37. The van der Waals surface area contributed by atoms with Crippen molar-refractivity contribution >= 4 is 46.0 Å². The monoisotopic (exact) mass is 407 g/mol. The second-order valence-electron chi connectivity index (χ2n) is 5.10. The highest BCUT2D eigenvalue weighted by Gasteiger charge is 2.15. The summed E-state index contributed by atoms with van der Waals surface area (Å²) in [5.74, 6) is 0.109. The van der Waals surface area contributed by atoms with Gasteiger partial charge >= 0.3 is 0 Å². The summed E-state index contributed by atoms with van der Waals surface area (Å²) in [5.41, 5.74) is 0. The van der Waals surface area contributed by atoms with E-state index in [0.717, 1.165) is 48.6 Å². The van der Waals surface area contributed by atoms with Crippen molar-refractivity contribution in [3.8, 4) is 0 Å². The van der Waals surface area contributed by atoms with Crippen molar-refractivity contribution in [2.75, 3.05) is 39.3 Å². The SMILES string of the molecule is CC(Sc1ccc(Br)cc1)C(=O)NCCN1CCNCC1.Cl. The summed E-state index contributed by atoms with van der Waals surface area (Å²) in [6.45, 7) is 7.84. The lowest BCUT2D eigenvalue weighted by Crippen LogP contribution is -2.46. The molecule has 124 valence electrons. The van der Waals surface area contributed by atoms with Crippen LogP contribution in [0.15, 0.2) is 33.6 Å². The second kappa shape index (κ2) is 10.5. The zero-order valence-electron chi connectivity index (χ0n) is 12.7. The summed E-state index contributed by atoms with van der Waals surface area (Å²) >= 11 is 5.00. The Labute approximate surface area is 151 Å². The summed E-state index contributed by atoms with van der Waals surface area (Å²) in [4.78, 5) is 15.6. The lowest BCUT2D eigenvalue weighted by Gasteiger charge is -2.27. The number of hydrogen-bond donors (Lipinski definition) is 2. The zero-order chi connectivity index (χ0) is 15.1. The van der Waals surface area contributed by atoms with Gasteiger partial charge in [-0.25, -0.2) is 0 Å². The van der Waals surface area contributed by atoms with Crippen molar-refractivity contribution in [3.63, 3.8) is 0 Å². The molecule has 1 aliphatic heterocycles. The number of nitrogens with one attached hydrogen (secondary N) is 2. The van der Waals surface area contributed by atoms with Crippen LogP contribution in [-0.4, -0.2) is 55.3 Å². The van der Waals surface area contributed by atoms with E-state index in [0.29, 0.717) is 0 Å². The van der Waals surface area contributed by atoms with Crippen LogP contribution >= 0.6 is 40.1 Å². The number of benzene rings is 1. The van der Waals surface area contributed by atoms with Gasteiger partial charge in [0.2, 0.25) is 5.91 Å². The third kappa shape index (κ3) is 6.87. The first-order chi connectivity index (χ1) is 10.1. The smallest absolute Gasteiger partial charge is 0.233 e. The maximum Gasteiger partial charge on any atom is 0.233 e. The van der Waals surface area contributed by atoms with Crippen molar-refractivity contribution in [3.05, 3.63) is 28.7 Å². The number of amides is 1. The topological polar surface area (TPSA) is 44.4 Å². The van der Waals surface area contributed by atoms with Gasteiger partial charge in [0.05, 0.1) is 5.25 Å². The fourth-order valence-corrected chi connectivity index (χ4v) is 3.34. The summed E-state index contributed by atoms with van der Waals surface area (Å²) in [6, 6.07) is 8.05. The molecule has 2 rings (SSSR count). The van der Waals surface area contributed by atoms with Crippen LogP contribution in [0, 0.1) is 0 Å². The number of halogens is 2. The van der Waals surface area contributed by atoms with E-state index in [-0.39, 0.29) is 23.6 Å². The van der Waals surface area contributed by atoms with Gasteiger partial charge in [-0.2, -0.15) is 0 Å². The summed E-state index contributed by atoms with van der Waals surface area (Å²) in [5, 5.41) is 6.28. The van der Waals surface area contributed by atoms with Crippen molar-refractivity contribution < 1.29 is 4.79 Å². The minimum absolute atomic E-state index is 0. The molecule has 1 atom stereocenters. The molecule has 1 unspecified atom stereocenters. The van der Waals surface area contributed by atoms with E-state index in [1.54, 1.807) is 11.8 Å². The van der Waals surface area contributed by atoms with E-state index in [9.17, 15) is 4.79 Å². The predicted molar refractivity (Wildman–Crippen MR) is 99.0 cm³/mol. The molecule has 0 saturated carbocycles. The summed E-state index contributed by atoms with van der Waals surface area (Å²) < 4.78 is 1.06. The molecule has 0 bridgehead atoms. The average Bonchev–Trinajstić information content (AvgIpc) is 2.50. The zero-order valence-corrected chi connectivity index (χ0v) is 15.9. The molecule has 1 aromatic rings. The van der Waals surface area contributed by atoms with Gasteiger partial charge < -0.3 is 10.6 Å². The molecule has 1 aliphatic rings. The van der Waals surface area contributed by atoms with Gasteiger partial charge in [0.25, 0.3) is 0 Å². The molecular weight excluding hydrogens is 386 g/mol. The van der Waals surface area contributed by atoms with Crippen LogP contribution in [0.4, 0.5) is 0 Å². The van der Waals surface area contributed by atoms with E-state index in [2.05, 4.69) is 31.5 Å². The van der Waals surface area contributed by atoms with E-state index in [4.69, 9.17) is 0 Å². The Morgan fingerprint density at radius 3 is 2.64 bits per heavy atom. The Morgan fingerprint density at radius 2 is 2.00 bits per heavy atom. The molecule has 2 N–H and O–H groups in total. The molecule has 1 aromatic carbocycles. The summed E-state index contributed by atoms with van der Waals surface area (Å²) in [7, 11) is 0. The van der Waals surface area contributed by atoms with E-state index >= 15 is 0 Å². The van der Waals surface area contributed by atoms with E-state index in [1.807, 2.05) is 31.2 Å². The molecule has 22 heavy (non-hydrogen) atoms.